The normalized spacial score (nSPS) is 13.6. The molecule has 152 valence electrons. The third kappa shape index (κ3) is 4.78. The predicted molar refractivity (Wildman–Crippen MR) is 115 cm³/mol. The molecule has 0 atom stereocenters. The first-order chi connectivity index (χ1) is 14.1. The van der Waals surface area contributed by atoms with Gasteiger partial charge < -0.3 is 14.6 Å². The van der Waals surface area contributed by atoms with E-state index >= 15 is 0 Å². The Hall–Kier alpha value is -2.82. The fourth-order valence-electron chi connectivity index (χ4n) is 3.53. The van der Waals surface area contributed by atoms with Gasteiger partial charge in [0.15, 0.2) is 0 Å². The molecule has 1 N–H and O–H groups in total. The average Bonchev–Trinajstić information content (AvgIpc) is 3.51. The number of hydrogen-bond acceptors (Lipinski definition) is 3. The lowest BCUT2D eigenvalue weighted by Gasteiger charge is -2.11. The highest BCUT2D eigenvalue weighted by molar-refractivity contribution is 5.81. The van der Waals surface area contributed by atoms with Gasteiger partial charge in [0.2, 0.25) is 5.91 Å². The second kappa shape index (κ2) is 8.68. The minimum atomic E-state index is 0.158. The van der Waals surface area contributed by atoms with Crippen LogP contribution in [0.5, 0.6) is 5.75 Å². The molecule has 0 saturated heterocycles. The lowest BCUT2D eigenvalue weighted by Crippen LogP contribution is -2.26. The molecule has 1 fully saturated rings. The van der Waals surface area contributed by atoms with E-state index in [1.807, 2.05) is 24.3 Å². The zero-order chi connectivity index (χ0) is 20.2. The van der Waals surface area contributed by atoms with Gasteiger partial charge in [0, 0.05) is 12.5 Å². The van der Waals surface area contributed by atoms with Crippen LogP contribution in [0.15, 0.2) is 42.5 Å². The maximum Gasteiger partial charge on any atom is 0.223 e. The van der Waals surface area contributed by atoms with Gasteiger partial charge in [-0.2, -0.15) is 0 Å². The number of benzene rings is 2. The predicted octanol–water partition coefficient (Wildman–Crippen LogP) is 4.54. The van der Waals surface area contributed by atoms with Gasteiger partial charge in [-0.05, 0) is 74.9 Å². The number of nitrogens with zero attached hydrogens (tertiary/aromatic N) is 2. The van der Waals surface area contributed by atoms with Crippen LogP contribution in [-0.2, 0) is 17.9 Å². The average molecular weight is 392 g/mol. The van der Waals surface area contributed by atoms with Gasteiger partial charge in [0.25, 0.3) is 0 Å². The Morgan fingerprint density at radius 3 is 2.76 bits per heavy atom. The molecule has 0 aliphatic heterocycles. The van der Waals surface area contributed by atoms with Crippen molar-refractivity contribution in [2.24, 2.45) is 5.92 Å². The first-order valence-electron chi connectivity index (χ1n) is 10.5. The number of unbranched alkanes of at least 4 members (excludes halogenated alkanes) is 1. The van der Waals surface area contributed by atoms with Gasteiger partial charge in [-0.25, -0.2) is 4.98 Å². The van der Waals surface area contributed by atoms with Crippen LogP contribution in [0.3, 0.4) is 0 Å². The Morgan fingerprint density at radius 1 is 1.14 bits per heavy atom. The number of carbonyl (C=O) groups is 1. The summed E-state index contributed by atoms with van der Waals surface area (Å²) in [7, 11) is 0. The summed E-state index contributed by atoms with van der Waals surface area (Å²) in [5, 5.41) is 3.05. The molecule has 5 heteroatoms. The fourth-order valence-corrected chi connectivity index (χ4v) is 3.53. The molecule has 1 aliphatic carbocycles. The lowest BCUT2D eigenvalue weighted by molar-refractivity contribution is -0.122. The summed E-state index contributed by atoms with van der Waals surface area (Å²) in [6.07, 6.45) is 3.99. The summed E-state index contributed by atoms with van der Waals surface area (Å²) >= 11 is 0. The van der Waals surface area contributed by atoms with Crippen LogP contribution in [0.1, 0.15) is 42.6 Å². The smallest absolute Gasteiger partial charge is 0.223 e. The van der Waals surface area contributed by atoms with E-state index < -0.39 is 0 Å². The molecule has 1 aliphatic rings. The number of rotatable bonds is 9. The van der Waals surface area contributed by atoms with Gasteiger partial charge in [-0.3, -0.25) is 4.79 Å². The Bertz CT molecular complexity index is 1000. The van der Waals surface area contributed by atoms with Crippen molar-refractivity contribution in [2.75, 3.05) is 6.61 Å². The molecular weight excluding hydrogens is 362 g/mol. The zero-order valence-corrected chi connectivity index (χ0v) is 17.3. The van der Waals surface area contributed by atoms with E-state index in [-0.39, 0.29) is 11.8 Å². The van der Waals surface area contributed by atoms with Crippen LogP contribution in [0.2, 0.25) is 0 Å². The van der Waals surface area contributed by atoms with E-state index in [9.17, 15) is 4.79 Å². The van der Waals surface area contributed by atoms with Crippen LogP contribution in [0.4, 0.5) is 0 Å². The fraction of sp³-hybridized carbons (Fsp3) is 0.417. The highest BCUT2D eigenvalue weighted by atomic mass is 16.5. The Kier molecular flexibility index (Phi) is 5.84. The van der Waals surface area contributed by atoms with Gasteiger partial charge in [-0.15, -0.1) is 0 Å². The first-order valence-corrected chi connectivity index (χ1v) is 10.5. The molecule has 0 unspecified atom stereocenters. The van der Waals surface area contributed by atoms with Crippen molar-refractivity contribution in [1.82, 2.24) is 14.9 Å². The van der Waals surface area contributed by atoms with E-state index in [1.165, 1.54) is 11.1 Å². The summed E-state index contributed by atoms with van der Waals surface area (Å²) < 4.78 is 8.14. The van der Waals surface area contributed by atoms with Gasteiger partial charge in [0.1, 0.15) is 11.6 Å². The summed E-state index contributed by atoms with van der Waals surface area (Å²) in [6.45, 7) is 6.27. The van der Waals surface area contributed by atoms with Crippen molar-refractivity contribution < 1.29 is 9.53 Å². The van der Waals surface area contributed by atoms with Crippen molar-refractivity contribution in [3.8, 4) is 5.75 Å². The summed E-state index contributed by atoms with van der Waals surface area (Å²) in [6, 6.07) is 14.4. The van der Waals surface area contributed by atoms with Gasteiger partial charge >= 0.3 is 0 Å². The second-order valence-corrected chi connectivity index (χ2v) is 7.96. The summed E-state index contributed by atoms with van der Waals surface area (Å²) in [5.41, 5.74) is 4.64. The number of ether oxygens (including phenoxy) is 1. The molecule has 2 aromatic carbocycles. The van der Waals surface area contributed by atoms with Crippen molar-refractivity contribution in [3.63, 3.8) is 0 Å². The third-order valence-electron chi connectivity index (χ3n) is 5.63. The van der Waals surface area contributed by atoms with Crippen LogP contribution < -0.4 is 10.1 Å². The van der Waals surface area contributed by atoms with Crippen molar-refractivity contribution in [3.05, 3.63) is 59.4 Å². The zero-order valence-electron chi connectivity index (χ0n) is 17.3. The van der Waals surface area contributed by atoms with Crippen LogP contribution in [-0.4, -0.2) is 22.1 Å². The number of aromatic nitrogens is 2. The molecule has 0 bridgehead atoms. The van der Waals surface area contributed by atoms with Crippen LogP contribution >= 0.6 is 0 Å². The van der Waals surface area contributed by atoms with E-state index in [2.05, 4.69) is 41.9 Å². The molecule has 1 amide bonds. The number of aryl methyl sites for hydroxylation is 3. The van der Waals surface area contributed by atoms with E-state index in [0.717, 1.165) is 54.8 Å². The van der Waals surface area contributed by atoms with Crippen molar-refractivity contribution in [1.29, 1.82) is 0 Å². The maximum absolute atomic E-state index is 12.0. The highest BCUT2D eigenvalue weighted by Gasteiger charge is 2.29. The first kappa shape index (κ1) is 19.5. The van der Waals surface area contributed by atoms with Gasteiger partial charge in [-0.1, -0.05) is 18.2 Å². The number of nitrogens with one attached hydrogen (secondary N) is 1. The minimum absolute atomic E-state index is 0.158. The molecule has 29 heavy (non-hydrogen) atoms. The largest absolute Gasteiger partial charge is 0.494 e. The van der Waals surface area contributed by atoms with Crippen molar-refractivity contribution in [2.45, 2.75) is 52.6 Å². The number of fused-ring (bicyclic) bond motifs is 1. The maximum atomic E-state index is 12.0. The molecule has 3 aromatic rings. The molecule has 0 radical (unpaired) electrons. The van der Waals surface area contributed by atoms with E-state index in [4.69, 9.17) is 9.72 Å². The Morgan fingerprint density at radius 2 is 1.97 bits per heavy atom. The van der Waals surface area contributed by atoms with E-state index in [1.54, 1.807) is 0 Å². The second-order valence-electron chi connectivity index (χ2n) is 7.96. The molecule has 1 aromatic heterocycles. The third-order valence-corrected chi connectivity index (χ3v) is 5.63. The lowest BCUT2D eigenvalue weighted by atomic mass is 10.1. The Balaban J connectivity index is 1.34. The number of imidazole rings is 1. The van der Waals surface area contributed by atoms with Gasteiger partial charge in [0.05, 0.1) is 24.2 Å². The highest BCUT2D eigenvalue weighted by Crippen LogP contribution is 2.29. The topological polar surface area (TPSA) is 56.1 Å². The standard InChI is InChI=1S/C24H29N3O2/c1-17-9-12-20(15-18(17)2)29-14-6-5-13-27-22-8-4-3-7-21(22)26-23(27)16-25-24(28)19-10-11-19/h3-4,7-9,12,15,19H,5-6,10-11,13-14,16H2,1-2H3,(H,25,28). The molecule has 1 saturated carbocycles. The monoisotopic (exact) mass is 391 g/mol. The number of para-hydroxylation sites is 2. The summed E-state index contributed by atoms with van der Waals surface area (Å²) in [5.74, 6) is 2.24. The Labute approximate surface area is 172 Å². The molecular formula is C24H29N3O2. The van der Waals surface area contributed by atoms with Crippen LogP contribution in [0, 0.1) is 19.8 Å². The number of carbonyl (C=O) groups excluding carboxylic acids is 1. The molecule has 1 heterocycles. The van der Waals surface area contributed by atoms with E-state index in [0.29, 0.717) is 13.2 Å². The summed E-state index contributed by atoms with van der Waals surface area (Å²) in [4.78, 5) is 16.8. The van der Waals surface area contributed by atoms with Crippen molar-refractivity contribution >= 4 is 16.9 Å². The SMILES string of the molecule is Cc1ccc(OCCCCn2c(CNC(=O)C3CC3)nc3ccccc32)cc1C. The quantitative estimate of drug-likeness (QED) is 0.545. The molecule has 4 rings (SSSR count). The van der Waals surface area contributed by atoms with Crippen LogP contribution in [0.25, 0.3) is 11.0 Å². The molecule has 0 spiro atoms. The molecule has 5 nitrogen and oxygen atoms in total. The number of amides is 1. The number of hydrogen-bond donors (Lipinski definition) is 1. The minimum Gasteiger partial charge on any atom is -0.494 e.